The van der Waals surface area contributed by atoms with Crippen LogP contribution in [0.3, 0.4) is 0 Å². The maximum absolute atomic E-state index is 12.4. The van der Waals surface area contributed by atoms with E-state index in [1.165, 1.54) is 0 Å². The number of thiazole rings is 1. The number of hydrogen-bond donors (Lipinski definition) is 0. The minimum atomic E-state index is -0.0763. The second kappa shape index (κ2) is 6.30. The number of nitrogens with zero attached hydrogens (tertiary/aromatic N) is 4. The first kappa shape index (κ1) is 14.1. The molecule has 3 heterocycles. The van der Waals surface area contributed by atoms with Crippen LogP contribution in [0.2, 0.25) is 0 Å². The number of carbonyl (C=O) groups excluding carboxylic acids is 1. The lowest BCUT2D eigenvalue weighted by molar-refractivity contribution is 0.0694. The molecule has 2 aromatic rings. The third kappa shape index (κ3) is 3.10. The van der Waals surface area contributed by atoms with Crippen molar-refractivity contribution in [1.82, 2.24) is 19.9 Å². The minimum absolute atomic E-state index is 0.0763. The maximum Gasteiger partial charge on any atom is 0.291 e. The van der Waals surface area contributed by atoms with Crippen molar-refractivity contribution in [3.8, 4) is 0 Å². The van der Waals surface area contributed by atoms with Gasteiger partial charge in [0, 0.05) is 36.8 Å². The highest BCUT2D eigenvalue weighted by atomic mass is 32.1. The molecule has 0 spiro atoms. The second-order valence-corrected chi connectivity index (χ2v) is 6.08. The summed E-state index contributed by atoms with van der Waals surface area (Å²) in [6, 6.07) is 1.72. The van der Waals surface area contributed by atoms with Crippen LogP contribution in [-0.4, -0.2) is 38.8 Å². The summed E-state index contributed by atoms with van der Waals surface area (Å²) in [5.41, 5.74) is 1.14. The first-order valence-corrected chi connectivity index (χ1v) is 8.16. The Balaban J connectivity index is 1.72. The normalized spacial score (nSPS) is 18.7. The average Bonchev–Trinajstić information content (AvgIpc) is 3.04. The molecule has 0 saturated carbocycles. The molecule has 1 amide bonds. The predicted molar refractivity (Wildman–Crippen MR) is 81.4 cm³/mol. The molecule has 1 aliphatic heterocycles. The molecule has 0 aromatic carbocycles. The number of carbonyl (C=O) groups is 1. The van der Waals surface area contributed by atoms with Crippen LogP contribution >= 0.6 is 11.3 Å². The lowest BCUT2D eigenvalue weighted by atomic mass is 9.98. The van der Waals surface area contributed by atoms with Crippen LogP contribution < -0.4 is 0 Å². The molecule has 6 heteroatoms. The summed E-state index contributed by atoms with van der Waals surface area (Å²) in [5, 5.41) is 3.27. The Hall–Kier alpha value is -1.82. The molecule has 1 saturated heterocycles. The fraction of sp³-hybridized carbons (Fsp3) is 0.467. The van der Waals surface area contributed by atoms with E-state index >= 15 is 0 Å². The van der Waals surface area contributed by atoms with Crippen molar-refractivity contribution in [3.63, 3.8) is 0 Å². The van der Waals surface area contributed by atoms with Crippen molar-refractivity contribution < 1.29 is 4.79 Å². The fourth-order valence-corrected chi connectivity index (χ4v) is 3.62. The molecule has 0 aliphatic carbocycles. The summed E-state index contributed by atoms with van der Waals surface area (Å²) < 4.78 is 0. The van der Waals surface area contributed by atoms with Gasteiger partial charge < -0.3 is 4.90 Å². The van der Waals surface area contributed by atoms with Crippen LogP contribution in [0.5, 0.6) is 0 Å². The van der Waals surface area contributed by atoms with Crippen molar-refractivity contribution in [1.29, 1.82) is 0 Å². The Morgan fingerprint density at radius 1 is 1.43 bits per heavy atom. The van der Waals surface area contributed by atoms with Gasteiger partial charge in [0.25, 0.3) is 5.91 Å². The number of piperidine rings is 1. The van der Waals surface area contributed by atoms with Gasteiger partial charge in [-0.1, -0.05) is 6.92 Å². The molecule has 0 N–H and O–H groups in total. The third-order valence-electron chi connectivity index (χ3n) is 3.75. The largest absolute Gasteiger partial charge is 0.335 e. The first-order chi connectivity index (χ1) is 10.3. The Kier molecular flexibility index (Phi) is 4.24. The molecular formula is C15H18N4OS. The van der Waals surface area contributed by atoms with E-state index in [1.807, 2.05) is 4.90 Å². The summed E-state index contributed by atoms with van der Waals surface area (Å²) in [6.07, 6.45) is 6.27. The number of likely N-dealkylation sites (tertiary alicyclic amines) is 1. The molecule has 1 fully saturated rings. The molecule has 0 radical (unpaired) electrons. The summed E-state index contributed by atoms with van der Waals surface area (Å²) in [4.78, 5) is 27.1. The summed E-state index contributed by atoms with van der Waals surface area (Å²) in [5.74, 6) is 0.552. The standard InChI is InChI=1S/C15H18N4OS/c1-2-12-10-21-14(18-12)11-5-3-8-19(9-11)15(20)13-16-6-4-7-17-13/h4,6-7,10-11H,2-3,5,8-9H2,1H3/t11-/m0/s1. The number of aryl methyl sites for hydroxylation is 1. The molecular weight excluding hydrogens is 284 g/mol. The zero-order chi connectivity index (χ0) is 14.7. The number of aromatic nitrogens is 3. The highest BCUT2D eigenvalue weighted by Crippen LogP contribution is 2.29. The SMILES string of the molecule is CCc1csc([C@H]2CCCN(C(=O)c3ncccn3)C2)n1. The van der Waals surface area contributed by atoms with E-state index in [-0.39, 0.29) is 11.7 Å². The Morgan fingerprint density at radius 2 is 2.24 bits per heavy atom. The lowest BCUT2D eigenvalue weighted by Gasteiger charge is -2.31. The van der Waals surface area contributed by atoms with Gasteiger partial charge in [0.1, 0.15) is 0 Å². The van der Waals surface area contributed by atoms with E-state index in [4.69, 9.17) is 0 Å². The van der Waals surface area contributed by atoms with Crippen LogP contribution in [0, 0.1) is 0 Å². The van der Waals surface area contributed by atoms with E-state index in [0.29, 0.717) is 12.5 Å². The van der Waals surface area contributed by atoms with Crippen molar-refractivity contribution >= 4 is 17.2 Å². The first-order valence-electron chi connectivity index (χ1n) is 7.28. The van der Waals surface area contributed by atoms with Crippen molar-refractivity contribution in [2.45, 2.75) is 32.1 Å². The highest BCUT2D eigenvalue weighted by Gasteiger charge is 2.28. The van der Waals surface area contributed by atoms with E-state index < -0.39 is 0 Å². The van der Waals surface area contributed by atoms with E-state index in [2.05, 4.69) is 27.3 Å². The fourth-order valence-electron chi connectivity index (χ4n) is 2.59. The molecule has 0 unspecified atom stereocenters. The van der Waals surface area contributed by atoms with E-state index in [1.54, 1.807) is 29.8 Å². The Labute approximate surface area is 128 Å². The topological polar surface area (TPSA) is 59.0 Å². The Morgan fingerprint density at radius 3 is 2.95 bits per heavy atom. The number of amides is 1. The van der Waals surface area contributed by atoms with Gasteiger partial charge in [-0.2, -0.15) is 0 Å². The van der Waals surface area contributed by atoms with Crippen LogP contribution in [0.15, 0.2) is 23.8 Å². The quantitative estimate of drug-likeness (QED) is 0.874. The van der Waals surface area contributed by atoms with Crippen molar-refractivity contribution in [3.05, 3.63) is 40.4 Å². The summed E-state index contributed by atoms with van der Waals surface area (Å²) in [7, 11) is 0. The number of hydrogen-bond acceptors (Lipinski definition) is 5. The molecule has 110 valence electrons. The zero-order valence-corrected chi connectivity index (χ0v) is 12.8. The summed E-state index contributed by atoms with van der Waals surface area (Å²) in [6.45, 7) is 3.61. The van der Waals surface area contributed by atoms with E-state index in [9.17, 15) is 4.79 Å². The maximum atomic E-state index is 12.4. The van der Waals surface area contributed by atoms with Crippen LogP contribution in [-0.2, 0) is 6.42 Å². The molecule has 21 heavy (non-hydrogen) atoms. The highest BCUT2D eigenvalue weighted by molar-refractivity contribution is 7.09. The van der Waals surface area contributed by atoms with Gasteiger partial charge in [-0.15, -0.1) is 11.3 Å². The molecule has 5 nitrogen and oxygen atoms in total. The van der Waals surface area contributed by atoms with Crippen LogP contribution in [0.4, 0.5) is 0 Å². The third-order valence-corrected chi connectivity index (χ3v) is 4.80. The van der Waals surface area contributed by atoms with Gasteiger partial charge in [0.05, 0.1) is 10.7 Å². The average molecular weight is 302 g/mol. The van der Waals surface area contributed by atoms with Gasteiger partial charge in [-0.3, -0.25) is 4.79 Å². The molecule has 0 bridgehead atoms. The second-order valence-electron chi connectivity index (χ2n) is 5.19. The molecule has 1 aliphatic rings. The lowest BCUT2D eigenvalue weighted by Crippen LogP contribution is -2.39. The van der Waals surface area contributed by atoms with Crippen LogP contribution in [0.1, 0.15) is 47.0 Å². The van der Waals surface area contributed by atoms with Gasteiger partial charge in [0.2, 0.25) is 5.82 Å². The zero-order valence-electron chi connectivity index (χ0n) is 12.0. The van der Waals surface area contributed by atoms with Gasteiger partial charge >= 0.3 is 0 Å². The Bertz CT molecular complexity index is 613. The van der Waals surface area contributed by atoms with E-state index in [0.717, 1.165) is 36.5 Å². The predicted octanol–water partition coefficient (Wildman–Crippen LogP) is 2.52. The van der Waals surface area contributed by atoms with Gasteiger partial charge in [0.15, 0.2) is 0 Å². The number of rotatable bonds is 3. The van der Waals surface area contributed by atoms with Crippen molar-refractivity contribution in [2.24, 2.45) is 0 Å². The van der Waals surface area contributed by atoms with Gasteiger partial charge in [-0.05, 0) is 25.3 Å². The van der Waals surface area contributed by atoms with Crippen molar-refractivity contribution in [2.75, 3.05) is 13.1 Å². The molecule has 2 aromatic heterocycles. The molecule has 1 atom stereocenters. The minimum Gasteiger partial charge on any atom is -0.335 e. The monoisotopic (exact) mass is 302 g/mol. The van der Waals surface area contributed by atoms with Gasteiger partial charge in [-0.25, -0.2) is 15.0 Å². The van der Waals surface area contributed by atoms with Crippen LogP contribution in [0.25, 0.3) is 0 Å². The smallest absolute Gasteiger partial charge is 0.291 e. The molecule has 3 rings (SSSR count). The summed E-state index contributed by atoms with van der Waals surface area (Å²) >= 11 is 1.71.